The maximum absolute atomic E-state index is 4.46. The van der Waals surface area contributed by atoms with Gasteiger partial charge in [0.05, 0.1) is 0 Å². The molecule has 0 saturated carbocycles. The molecule has 0 amide bonds. The molecule has 21 heavy (non-hydrogen) atoms. The average molecular weight is 283 g/mol. The zero-order valence-electron chi connectivity index (χ0n) is 13.3. The van der Waals surface area contributed by atoms with Crippen LogP contribution in [-0.2, 0) is 0 Å². The molecule has 1 atom stereocenters. The number of hydrogen-bond acceptors (Lipinski definition) is 3. The van der Waals surface area contributed by atoms with E-state index in [1.807, 2.05) is 19.9 Å². The molecule has 0 aliphatic carbocycles. The summed E-state index contributed by atoms with van der Waals surface area (Å²) in [5.74, 6) is 1.25. The molecule has 0 aliphatic heterocycles. The van der Waals surface area contributed by atoms with Crippen molar-refractivity contribution in [3.05, 3.63) is 53.3 Å². The van der Waals surface area contributed by atoms with E-state index >= 15 is 0 Å². The van der Waals surface area contributed by atoms with Gasteiger partial charge in [-0.25, -0.2) is 9.97 Å². The van der Waals surface area contributed by atoms with Gasteiger partial charge in [-0.2, -0.15) is 0 Å². The van der Waals surface area contributed by atoms with Crippen LogP contribution in [0.1, 0.15) is 49.1 Å². The summed E-state index contributed by atoms with van der Waals surface area (Å²) in [6.07, 6.45) is 3.66. The Balaban J connectivity index is 2.05. The topological polar surface area (TPSA) is 37.8 Å². The SMILES string of the molecule is CCCCC(CNc1nc(C)cc(C)n1)c1ccccc1. The van der Waals surface area contributed by atoms with Crippen LogP contribution in [0, 0.1) is 13.8 Å². The zero-order valence-corrected chi connectivity index (χ0v) is 13.3. The van der Waals surface area contributed by atoms with E-state index < -0.39 is 0 Å². The Kier molecular flexibility index (Phi) is 5.73. The third-order valence-corrected chi connectivity index (χ3v) is 3.67. The molecule has 1 aromatic carbocycles. The fourth-order valence-corrected chi connectivity index (χ4v) is 2.58. The summed E-state index contributed by atoms with van der Waals surface area (Å²) >= 11 is 0. The van der Waals surface area contributed by atoms with Crippen molar-refractivity contribution < 1.29 is 0 Å². The van der Waals surface area contributed by atoms with Gasteiger partial charge in [0.2, 0.25) is 5.95 Å². The Morgan fingerprint density at radius 2 is 1.71 bits per heavy atom. The van der Waals surface area contributed by atoms with Crippen LogP contribution in [-0.4, -0.2) is 16.5 Å². The summed E-state index contributed by atoms with van der Waals surface area (Å²) in [5.41, 5.74) is 3.41. The Labute approximate surface area is 127 Å². The molecule has 2 aromatic rings. The van der Waals surface area contributed by atoms with Crippen LogP contribution >= 0.6 is 0 Å². The van der Waals surface area contributed by atoms with Crippen LogP contribution < -0.4 is 5.32 Å². The lowest BCUT2D eigenvalue weighted by molar-refractivity contribution is 0.602. The first-order valence-corrected chi connectivity index (χ1v) is 7.80. The molecule has 0 aliphatic rings. The molecule has 1 unspecified atom stereocenters. The van der Waals surface area contributed by atoms with Crippen molar-refractivity contribution in [2.45, 2.75) is 46.0 Å². The molecule has 0 spiro atoms. The van der Waals surface area contributed by atoms with Crippen LogP contribution in [0.2, 0.25) is 0 Å². The summed E-state index contributed by atoms with van der Waals surface area (Å²) in [6.45, 7) is 7.13. The van der Waals surface area contributed by atoms with Gasteiger partial charge in [-0.15, -0.1) is 0 Å². The van der Waals surface area contributed by atoms with Crippen molar-refractivity contribution >= 4 is 5.95 Å². The molecule has 0 radical (unpaired) electrons. The van der Waals surface area contributed by atoms with E-state index in [0.717, 1.165) is 23.9 Å². The first-order chi connectivity index (χ1) is 10.2. The zero-order chi connectivity index (χ0) is 15.1. The Morgan fingerprint density at radius 3 is 2.33 bits per heavy atom. The minimum Gasteiger partial charge on any atom is -0.354 e. The monoisotopic (exact) mass is 283 g/mol. The molecule has 112 valence electrons. The molecule has 2 rings (SSSR count). The third-order valence-electron chi connectivity index (χ3n) is 3.67. The van der Waals surface area contributed by atoms with Crippen LogP contribution in [0.4, 0.5) is 5.95 Å². The highest BCUT2D eigenvalue weighted by molar-refractivity contribution is 5.30. The van der Waals surface area contributed by atoms with E-state index in [0.29, 0.717) is 5.92 Å². The predicted molar refractivity (Wildman–Crippen MR) is 88.7 cm³/mol. The molecule has 1 N–H and O–H groups in total. The van der Waals surface area contributed by atoms with Crippen molar-refractivity contribution in [2.24, 2.45) is 0 Å². The lowest BCUT2D eigenvalue weighted by Crippen LogP contribution is -2.15. The molecule has 0 fully saturated rings. The third kappa shape index (κ3) is 4.85. The van der Waals surface area contributed by atoms with Crippen LogP contribution in [0.3, 0.4) is 0 Å². The van der Waals surface area contributed by atoms with Crippen molar-refractivity contribution in [3.8, 4) is 0 Å². The first kappa shape index (κ1) is 15.5. The van der Waals surface area contributed by atoms with E-state index in [-0.39, 0.29) is 0 Å². The number of aromatic nitrogens is 2. The second-order valence-electron chi connectivity index (χ2n) is 5.61. The van der Waals surface area contributed by atoms with E-state index in [1.165, 1.54) is 24.8 Å². The molecule has 3 heteroatoms. The van der Waals surface area contributed by atoms with Gasteiger partial charge in [-0.1, -0.05) is 50.1 Å². The number of unbranched alkanes of at least 4 members (excludes halogenated alkanes) is 1. The molecule has 3 nitrogen and oxygen atoms in total. The molecule has 0 saturated heterocycles. The highest BCUT2D eigenvalue weighted by Crippen LogP contribution is 2.22. The highest BCUT2D eigenvalue weighted by atomic mass is 15.1. The van der Waals surface area contributed by atoms with E-state index in [2.05, 4.69) is 52.5 Å². The van der Waals surface area contributed by atoms with E-state index in [4.69, 9.17) is 0 Å². The molecule has 1 heterocycles. The van der Waals surface area contributed by atoms with E-state index in [9.17, 15) is 0 Å². The number of anilines is 1. The fraction of sp³-hybridized carbons (Fsp3) is 0.444. The highest BCUT2D eigenvalue weighted by Gasteiger charge is 2.11. The predicted octanol–water partition coefficient (Wildman–Crippen LogP) is 4.48. The number of nitrogens with zero attached hydrogens (tertiary/aromatic N) is 2. The second-order valence-corrected chi connectivity index (χ2v) is 5.61. The largest absolute Gasteiger partial charge is 0.354 e. The number of rotatable bonds is 7. The van der Waals surface area contributed by atoms with Crippen molar-refractivity contribution in [2.75, 3.05) is 11.9 Å². The summed E-state index contributed by atoms with van der Waals surface area (Å²) in [7, 11) is 0. The van der Waals surface area contributed by atoms with Crippen LogP contribution in [0.15, 0.2) is 36.4 Å². The van der Waals surface area contributed by atoms with Gasteiger partial charge < -0.3 is 5.32 Å². The fourth-order valence-electron chi connectivity index (χ4n) is 2.58. The van der Waals surface area contributed by atoms with Crippen LogP contribution in [0.25, 0.3) is 0 Å². The maximum Gasteiger partial charge on any atom is 0.223 e. The number of nitrogens with one attached hydrogen (secondary N) is 1. The molecule has 0 bridgehead atoms. The maximum atomic E-state index is 4.46. The Morgan fingerprint density at radius 1 is 1.05 bits per heavy atom. The Bertz CT molecular complexity index is 531. The minimum atomic E-state index is 0.510. The first-order valence-electron chi connectivity index (χ1n) is 7.80. The summed E-state index contributed by atoms with van der Waals surface area (Å²) in [5, 5.41) is 3.41. The second kappa shape index (κ2) is 7.77. The Hall–Kier alpha value is -1.90. The van der Waals surface area contributed by atoms with Gasteiger partial charge in [0.25, 0.3) is 0 Å². The summed E-state index contributed by atoms with van der Waals surface area (Å²) < 4.78 is 0. The number of benzene rings is 1. The molecular formula is C18H25N3. The molecular weight excluding hydrogens is 258 g/mol. The van der Waals surface area contributed by atoms with Gasteiger partial charge >= 0.3 is 0 Å². The average Bonchev–Trinajstić information content (AvgIpc) is 2.47. The quantitative estimate of drug-likeness (QED) is 0.814. The summed E-state index contributed by atoms with van der Waals surface area (Å²) in [6, 6.07) is 12.7. The normalized spacial score (nSPS) is 12.1. The van der Waals surface area contributed by atoms with Gasteiger partial charge in [-0.05, 0) is 31.9 Å². The van der Waals surface area contributed by atoms with Crippen LogP contribution in [0.5, 0.6) is 0 Å². The van der Waals surface area contributed by atoms with E-state index in [1.54, 1.807) is 0 Å². The smallest absolute Gasteiger partial charge is 0.223 e. The van der Waals surface area contributed by atoms with Gasteiger partial charge in [-0.3, -0.25) is 0 Å². The number of aryl methyl sites for hydroxylation is 2. The van der Waals surface area contributed by atoms with Crippen molar-refractivity contribution in [3.63, 3.8) is 0 Å². The van der Waals surface area contributed by atoms with Crippen molar-refractivity contribution in [1.82, 2.24) is 9.97 Å². The number of hydrogen-bond donors (Lipinski definition) is 1. The standard InChI is InChI=1S/C18H25N3/c1-4-5-9-17(16-10-7-6-8-11-16)13-19-18-20-14(2)12-15(3)21-18/h6-8,10-12,17H,4-5,9,13H2,1-3H3,(H,19,20,21). The minimum absolute atomic E-state index is 0.510. The van der Waals surface area contributed by atoms with Gasteiger partial charge in [0, 0.05) is 23.9 Å². The van der Waals surface area contributed by atoms with Gasteiger partial charge in [0.15, 0.2) is 0 Å². The lowest BCUT2D eigenvalue weighted by atomic mass is 9.93. The van der Waals surface area contributed by atoms with Gasteiger partial charge in [0.1, 0.15) is 0 Å². The molecule has 1 aromatic heterocycles. The lowest BCUT2D eigenvalue weighted by Gasteiger charge is -2.18. The van der Waals surface area contributed by atoms with Crippen molar-refractivity contribution in [1.29, 1.82) is 0 Å². The summed E-state index contributed by atoms with van der Waals surface area (Å²) in [4.78, 5) is 8.92.